The first kappa shape index (κ1) is 15.1. The Hall–Kier alpha value is -2.83. The summed E-state index contributed by atoms with van der Waals surface area (Å²) < 4.78 is 3.07. The van der Waals surface area contributed by atoms with Gasteiger partial charge in [-0.3, -0.25) is 19.1 Å². The third-order valence-electron chi connectivity index (χ3n) is 4.39. The number of para-hydroxylation sites is 1. The largest absolute Gasteiger partial charge is 0.480 e. The second-order valence-corrected chi connectivity index (χ2v) is 5.78. The molecule has 0 radical (unpaired) electrons. The summed E-state index contributed by atoms with van der Waals surface area (Å²) >= 11 is 0. The maximum Gasteiger partial charge on any atom is 0.319 e. The summed E-state index contributed by atoms with van der Waals surface area (Å²) in [5.74, 6) is -1.78. The highest BCUT2D eigenvalue weighted by molar-refractivity contribution is 6.10. The molecule has 0 spiro atoms. The van der Waals surface area contributed by atoms with E-state index in [0.717, 1.165) is 0 Å². The van der Waals surface area contributed by atoms with Crippen LogP contribution in [-0.2, 0) is 16.6 Å². The van der Waals surface area contributed by atoms with Gasteiger partial charge >= 0.3 is 5.97 Å². The molecule has 1 heterocycles. The van der Waals surface area contributed by atoms with E-state index in [9.17, 15) is 19.5 Å². The number of aliphatic carboxylic acids is 1. The number of hydrogen-bond acceptors (Lipinski definition) is 3. The van der Waals surface area contributed by atoms with Gasteiger partial charge < -0.3 is 10.4 Å². The van der Waals surface area contributed by atoms with E-state index in [1.54, 1.807) is 30.8 Å². The Kier molecular flexibility index (Phi) is 3.35. The van der Waals surface area contributed by atoms with Crippen LogP contribution in [0.3, 0.4) is 0 Å². The van der Waals surface area contributed by atoms with Gasteiger partial charge in [0.15, 0.2) is 0 Å². The van der Waals surface area contributed by atoms with Crippen molar-refractivity contribution in [2.45, 2.75) is 19.8 Å². The number of benzene rings is 1. The number of carboxylic acid groups (broad SMARTS) is 1. The quantitative estimate of drug-likeness (QED) is 0.831. The molecule has 0 aliphatic heterocycles. The van der Waals surface area contributed by atoms with Gasteiger partial charge in [-0.15, -0.1) is 0 Å². The van der Waals surface area contributed by atoms with E-state index in [2.05, 4.69) is 5.32 Å². The molecule has 0 bridgehead atoms. The molecule has 1 aliphatic rings. The number of hydrogen-bond donors (Lipinski definition) is 2. The fourth-order valence-electron chi connectivity index (χ4n) is 2.61. The van der Waals surface area contributed by atoms with Gasteiger partial charge in [0.05, 0.1) is 11.4 Å². The van der Waals surface area contributed by atoms with E-state index < -0.39 is 17.3 Å². The lowest BCUT2D eigenvalue weighted by atomic mass is 10.1. The average molecular weight is 315 g/mol. The minimum absolute atomic E-state index is 0.119. The van der Waals surface area contributed by atoms with Gasteiger partial charge in [-0.1, -0.05) is 18.2 Å². The van der Waals surface area contributed by atoms with E-state index in [1.807, 2.05) is 18.2 Å². The summed E-state index contributed by atoms with van der Waals surface area (Å²) in [4.78, 5) is 36.1. The predicted molar refractivity (Wildman–Crippen MR) is 83.7 cm³/mol. The zero-order chi connectivity index (χ0) is 16.8. The number of aromatic nitrogens is 2. The molecule has 2 aromatic rings. The molecule has 1 fully saturated rings. The molecular weight excluding hydrogens is 298 g/mol. The first-order valence-electron chi connectivity index (χ1n) is 7.27. The van der Waals surface area contributed by atoms with Crippen molar-refractivity contribution in [2.24, 2.45) is 12.5 Å². The third kappa shape index (κ3) is 2.25. The summed E-state index contributed by atoms with van der Waals surface area (Å²) in [6.45, 7) is 1.71. The standard InChI is InChI=1S/C16H17N3O4/c1-10-12(17-14(21)16(8-9-16)15(22)23)13(20)19(18(10)2)11-6-4-3-5-7-11/h3-7H,8-9H2,1-2H3,(H,17,21)(H,22,23). The molecule has 3 rings (SSSR count). The minimum Gasteiger partial charge on any atom is -0.480 e. The Bertz CT molecular complexity index is 844. The van der Waals surface area contributed by atoms with E-state index in [0.29, 0.717) is 24.2 Å². The normalized spacial score (nSPS) is 15.2. The average Bonchev–Trinajstić information content (AvgIpc) is 3.31. The fraction of sp³-hybridized carbons (Fsp3) is 0.312. The first-order chi connectivity index (χ1) is 10.9. The number of rotatable bonds is 4. The monoisotopic (exact) mass is 315 g/mol. The van der Waals surface area contributed by atoms with Crippen LogP contribution < -0.4 is 10.9 Å². The third-order valence-corrected chi connectivity index (χ3v) is 4.39. The van der Waals surface area contributed by atoms with Crippen LogP contribution in [0.25, 0.3) is 5.69 Å². The zero-order valence-corrected chi connectivity index (χ0v) is 12.9. The van der Waals surface area contributed by atoms with Crippen LogP contribution >= 0.6 is 0 Å². The number of carboxylic acids is 1. The summed E-state index contributed by atoms with van der Waals surface area (Å²) in [6.07, 6.45) is 0.597. The van der Waals surface area contributed by atoms with E-state index in [1.165, 1.54) is 4.68 Å². The van der Waals surface area contributed by atoms with Gasteiger partial charge in [0.1, 0.15) is 11.1 Å². The summed E-state index contributed by atoms with van der Waals surface area (Å²) in [6, 6.07) is 9.03. The summed E-state index contributed by atoms with van der Waals surface area (Å²) in [5, 5.41) is 11.7. The molecule has 1 aliphatic carbocycles. The molecule has 23 heavy (non-hydrogen) atoms. The maximum absolute atomic E-state index is 12.6. The van der Waals surface area contributed by atoms with Gasteiger partial charge in [-0.25, -0.2) is 4.68 Å². The van der Waals surface area contributed by atoms with Crippen LogP contribution in [0.15, 0.2) is 35.1 Å². The van der Waals surface area contributed by atoms with Crippen molar-refractivity contribution < 1.29 is 14.7 Å². The fourth-order valence-corrected chi connectivity index (χ4v) is 2.61. The topological polar surface area (TPSA) is 93.3 Å². The number of amides is 1. The molecule has 0 unspecified atom stereocenters. The molecule has 7 heteroatoms. The number of nitrogens with one attached hydrogen (secondary N) is 1. The van der Waals surface area contributed by atoms with Gasteiger partial charge in [-0.2, -0.15) is 0 Å². The Labute approximate surface area is 132 Å². The lowest BCUT2D eigenvalue weighted by molar-refractivity contribution is -0.147. The zero-order valence-electron chi connectivity index (χ0n) is 12.9. The molecule has 7 nitrogen and oxygen atoms in total. The molecular formula is C16H17N3O4. The number of carbonyl (C=O) groups is 2. The summed E-state index contributed by atoms with van der Waals surface area (Å²) in [7, 11) is 1.71. The Balaban J connectivity index is 2.01. The molecule has 1 saturated carbocycles. The van der Waals surface area contributed by atoms with Crippen molar-refractivity contribution in [1.82, 2.24) is 9.36 Å². The van der Waals surface area contributed by atoms with Gasteiger partial charge in [0.25, 0.3) is 5.56 Å². The molecule has 120 valence electrons. The number of nitrogens with zero attached hydrogens (tertiary/aromatic N) is 2. The van der Waals surface area contributed by atoms with Crippen LogP contribution in [0.5, 0.6) is 0 Å². The van der Waals surface area contributed by atoms with Crippen molar-refractivity contribution in [3.8, 4) is 5.69 Å². The van der Waals surface area contributed by atoms with Gasteiger partial charge in [0.2, 0.25) is 5.91 Å². The Morgan fingerprint density at radius 3 is 2.35 bits per heavy atom. The molecule has 0 saturated heterocycles. The van der Waals surface area contributed by atoms with Crippen molar-refractivity contribution in [1.29, 1.82) is 0 Å². The van der Waals surface area contributed by atoms with E-state index >= 15 is 0 Å². The highest BCUT2D eigenvalue weighted by atomic mass is 16.4. The minimum atomic E-state index is -1.38. The van der Waals surface area contributed by atoms with E-state index in [4.69, 9.17) is 0 Å². The number of anilines is 1. The van der Waals surface area contributed by atoms with Gasteiger partial charge in [0, 0.05) is 7.05 Å². The second-order valence-electron chi connectivity index (χ2n) is 5.78. The van der Waals surface area contributed by atoms with Crippen LogP contribution in [0, 0.1) is 12.3 Å². The van der Waals surface area contributed by atoms with Crippen molar-refractivity contribution in [3.05, 3.63) is 46.4 Å². The maximum atomic E-state index is 12.6. The smallest absolute Gasteiger partial charge is 0.319 e. The summed E-state index contributed by atoms with van der Waals surface area (Å²) in [5.41, 5.74) is -0.414. The lowest BCUT2D eigenvalue weighted by Gasteiger charge is -2.09. The SMILES string of the molecule is Cc1c(NC(=O)C2(C(=O)O)CC2)c(=O)n(-c2ccccc2)n1C. The first-order valence-corrected chi connectivity index (χ1v) is 7.27. The molecule has 1 aromatic carbocycles. The Morgan fingerprint density at radius 1 is 1.22 bits per heavy atom. The van der Waals surface area contributed by atoms with Crippen LogP contribution in [0.4, 0.5) is 5.69 Å². The molecule has 1 aromatic heterocycles. The van der Waals surface area contributed by atoms with Crippen molar-refractivity contribution in [3.63, 3.8) is 0 Å². The van der Waals surface area contributed by atoms with Crippen molar-refractivity contribution >= 4 is 17.6 Å². The highest BCUT2D eigenvalue weighted by Crippen LogP contribution is 2.46. The van der Waals surface area contributed by atoms with Crippen molar-refractivity contribution in [2.75, 3.05) is 5.32 Å². The Morgan fingerprint density at radius 2 is 1.83 bits per heavy atom. The predicted octanol–water partition coefficient (Wildman–Crippen LogP) is 1.29. The lowest BCUT2D eigenvalue weighted by Crippen LogP contribution is -2.33. The molecule has 1 amide bonds. The van der Waals surface area contributed by atoms with Crippen LogP contribution in [0.2, 0.25) is 0 Å². The number of carbonyl (C=O) groups excluding carboxylic acids is 1. The molecule has 2 N–H and O–H groups in total. The van der Waals surface area contributed by atoms with Crippen LogP contribution in [-0.4, -0.2) is 26.3 Å². The second kappa shape index (κ2) is 5.12. The highest BCUT2D eigenvalue weighted by Gasteiger charge is 2.57. The van der Waals surface area contributed by atoms with Gasteiger partial charge in [-0.05, 0) is 31.9 Å². The van der Waals surface area contributed by atoms with Crippen LogP contribution in [0.1, 0.15) is 18.5 Å². The molecule has 0 atom stereocenters. The van der Waals surface area contributed by atoms with E-state index in [-0.39, 0.29) is 11.2 Å².